The molecule has 0 fully saturated rings. The highest BCUT2D eigenvalue weighted by molar-refractivity contribution is 6.76. The van der Waals surface area contributed by atoms with Crippen LogP contribution >= 0.6 is 0 Å². The van der Waals surface area contributed by atoms with Crippen molar-refractivity contribution in [1.82, 2.24) is 0 Å². The molecule has 0 aromatic carbocycles. The van der Waals surface area contributed by atoms with Crippen LogP contribution in [-0.2, 0) is 18.8 Å². The molecule has 0 bridgehead atoms. The van der Waals surface area contributed by atoms with E-state index in [0.717, 1.165) is 6.08 Å². The fourth-order valence-electron chi connectivity index (χ4n) is 4.97. The number of ether oxygens (including phenoxy) is 1. The molecule has 0 aromatic rings. The largest absolute Gasteiger partial charge is 0.466 e. The van der Waals surface area contributed by atoms with Crippen LogP contribution in [0.3, 0.4) is 0 Å². The van der Waals surface area contributed by atoms with E-state index in [1.165, 1.54) is 53.7 Å². The Bertz CT molecular complexity index is 1270. The van der Waals surface area contributed by atoms with Gasteiger partial charge in [-0.3, -0.25) is 9.59 Å². The number of rotatable bonds is 21. The molecular weight excluding hydrogens is 775 g/mol. The fourth-order valence-corrected chi connectivity index (χ4v) is 9.49. The SMILES string of the molecule is CCOC(=O)CC(=O)/C=C/C(C)=C/C(CC)CO[Si](CCC(F)(F)C(F)(F)C(F)(F)C(F)(F)C(F)(F)C(F)(F)C(F)(F)C(F)(F)F)(C(C)C)C(C)C. The Morgan fingerprint density at radius 3 is 1.46 bits per heavy atom. The minimum atomic E-state index is -8.68. The standard InChI is InChI=1S/C30H39F17O4Si/c1-8-20(14-19(7)10-11-21(48)15-22(49)50-9-2)16-51-52(17(3)4,18(5)6)13-12-23(31,32)24(33,34)25(35,36)26(37,38)27(39,40)28(41,42)29(43,44)30(45,46)47/h10-11,14,17-18,20H,8-9,12-13,15-16H2,1-7H3/b11-10+,19-14+. The predicted octanol–water partition coefficient (Wildman–Crippen LogP) is 11.2. The summed E-state index contributed by atoms with van der Waals surface area (Å²) in [5, 5.41) is 0. The first-order chi connectivity index (χ1) is 23.0. The third kappa shape index (κ3) is 9.63. The van der Waals surface area contributed by atoms with Crippen LogP contribution in [-0.4, -0.2) is 80.9 Å². The van der Waals surface area contributed by atoms with Crippen molar-refractivity contribution in [1.29, 1.82) is 0 Å². The average Bonchev–Trinajstić information content (AvgIpc) is 2.97. The topological polar surface area (TPSA) is 52.6 Å². The molecule has 0 aliphatic heterocycles. The van der Waals surface area contributed by atoms with Crippen molar-refractivity contribution in [3.8, 4) is 0 Å². The van der Waals surface area contributed by atoms with Gasteiger partial charge in [-0.2, -0.15) is 74.6 Å². The summed E-state index contributed by atoms with van der Waals surface area (Å²) in [6.45, 7) is 9.69. The van der Waals surface area contributed by atoms with Gasteiger partial charge in [0.2, 0.25) is 0 Å². The molecule has 0 spiro atoms. The number of alkyl halides is 17. The van der Waals surface area contributed by atoms with E-state index < -0.39 is 104 Å². The Morgan fingerprint density at radius 2 is 1.08 bits per heavy atom. The highest BCUT2D eigenvalue weighted by Gasteiger charge is 2.95. The third-order valence-electron chi connectivity index (χ3n) is 8.32. The average molecular weight is 815 g/mol. The minimum absolute atomic E-state index is 0.0332. The molecule has 0 N–H and O–H groups in total. The van der Waals surface area contributed by atoms with Gasteiger partial charge in [-0.05, 0) is 49.4 Å². The fraction of sp³-hybridized carbons (Fsp3) is 0.800. The highest BCUT2D eigenvalue weighted by Crippen LogP contribution is 2.64. The van der Waals surface area contributed by atoms with E-state index in [-0.39, 0.29) is 19.6 Å². The van der Waals surface area contributed by atoms with Crippen molar-refractivity contribution < 1.29 is 93.4 Å². The van der Waals surface area contributed by atoms with Crippen LogP contribution in [0.4, 0.5) is 74.6 Å². The Hall–Kier alpha value is -2.39. The van der Waals surface area contributed by atoms with Gasteiger partial charge in [-0.15, -0.1) is 0 Å². The quantitative estimate of drug-likeness (QED) is 0.0289. The van der Waals surface area contributed by atoms with Crippen molar-refractivity contribution in [3.05, 3.63) is 23.8 Å². The summed E-state index contributed by atoms with van der Waals surface area (Å²) < 4.78 is 245. The van der Waals surface area contributed by atoms with Crippen LogP contribution in [0.5, 0.6) is 0 Å². The summed E-state index contributed by atoms with van der Waals surface area (Å²) >= 11 is 0. The third-order valence-corrected chi connectivity index (χ3v) is 14.0. The minimum Gasteiger partial charge on any atom is -0.466 e. The molecule has 52 heavy (non-hydrogen) atoms. The van der Waals surface area contributed by atoms with Crippen molar-refractivity contribution in [3.63, 3.8) is 0 Å². The van der Waals surface area contributed by atoms with Gasteiger partial charge in [0, 0.05) is 13.0 Å². The van der Waals surface area contributed by atoms with Gasteiger partial charge < -0.3 is 9.16 Å². The van der Waals surface area contributed by atoms with E-state index in [4.69, 9.17) is 4.43 Å². The molecule has 4 nitrogen and oxygen atoms in total. The zero-order valence-corrected chi connectivity index (χ0v) is 29.8. The highest BCUT2D eigenvalue weighted by atomic mass is 28.4. The van der Waals surface area contributed by atoms with Gasteiger partial charge in [0.25, 0.3) is 0 Å². The molecule has 0 saturated heterocycles. The predicted molar refractivity (Wildman–Crippen MR) is 155 cm³/mol. The lowest BCUT2D eigenvalue weighted by Gasteiger charge is -2.44. The van der Waals surface area contributed by atoms with Gasteiger partial charge in [0.15, 0.2) is 14.1 Å². The van der Waals surface area contributed by atoms with Crippen LogP contribution in [0.25, 0.3) is 0 Å². The van der Waals surface area contributed by atoms with E-state index in [2.05, 4.69) is 4.74 Å². The summed E-state index contributed by atoms with van der Waals surface area (Å²) in [6.07, 6.45) is -6.77. The molecule has 0 aliphatic carbocycles. The first-order valence-electron chi connectivity index (χ1n) is 15.4. The number of ketones is 1. The van der Waals surface area contributed by atoms with Crippen molar-refractivity contribution >= 4 is 20.1 Å². The van der Waals surface area contributed by atoms with Gasteiger partial charge in [-0.1, -0.05) is 52.3 Å². The molecule has 0 radical (unpaired) electrons. The van der Waals surface area contributed by atoms with E-state index >= 15 is 0 Å². The second-order valence-electron chi connectivity index (χ2n) is 12.6. The number of esters is 1. The van der Waals surface area contributed by atoms with E-state index in [0.29, 0.717) is 5.57 Å². The first-order valence-corrected chi connectivity index (χ1v) is 17.7. The van der Waals surface area contributed by atoms with Gasteiger partial charge in [0.05, 0.1) is 6.61 Å². The second kappa shape index (κ2) is 17.0. The van der Waals surface area contributed by atoms with Gasteiger partial charge in [-0.25, -0.2) is 0 Å². The normalized spacial score (nSPS) is 15.9. The zero-order valence-electron chi connectivity index (χ0n) is 28.8. The molecule has 0 rings (SSSR count). The summed E-state index contributed by atoms with van der Waals surface area (Å²) in [5.41, 5.74) is -1.26. The molecular formula is C30H39F17O4Si. The molecule has 0 saturated carbocycles. The maximum atomic E-state index is 14.9. The Balaban J connectivity index is 6.51. The van der Waals surface area contributed by atoms with Crippen LogP contribution in [0.2, 0.25) is 17.1 Å². The van der Waals surface area contributed by atoms with Crippen molar-refractivity contribution in [2.24, 2.45) is 5.92 Å². The Labute approximate surface area is 289 Å². The molecule has 0 amide bonds. The molecule has 22 heteroatoms. The first kappa shape index (κ1) is 49.6. The Kier molecular flexibility index (Phi) is 16.2. The Morgan fingerprint density at radius 1 is 0.654 bits per heavy atom. The molecule has 0 aromatic heterocycles. The zero-order chi connectivity index (χ0) is 41.7. The molecule has 0 aliphatic rings. The van der Waals surface area contributed by atoms with Crippen molar-refractivity contribution in [2.75, 3.05) is 13.2 Å². The van der Waals surface area contributed by atoms with Crippen molar-refractivity contribution in [2.45, 2.75) is 132 Å². The maximum Gasteiger partial charge on any atom is 0.460 e. The summed E-state index contributed by atoms with van der Waals surface area (Å²) in [6, 6.07) is -1.29. The molecule has 1 atom stereocenters. The lowest BCUT2D eigenvalue weighted by atomic mass is 9.88. The number of allylic oxidation sites excluding steroid dienone is 3. The molecule has 1 unspecified atom stereocenters. The van der Waals surface area contributed by atoms with Crippen LogP contribution in [0, 0.1) is 5.92 Å². The van der Waals surface area contributed by atoms with Crippen LogP contribution in [0.15, 0.2) is 23.8 Å². The monoisotopic (exact) mass is 814 g/mol. The summed E-state index contributed by atoms with van der Waals surface area (Å²) in [4.78, 5) is 23.4. The van der Waals surface area contributed by atoms with E-state index in [1.54, 1.807) is 6.92 Å². The van der Waals surface area contributed by atoms with E-state index in [1.807, 2.05) is 0 Å². The molecule has 0 heterocycles. The lowest BCUT2D eigenvalue weighted by Crippen LogP contribution is -2.74. The lowest BCUT2D eigenvalue weighted by molar-refractivity contribution is -0.461. The number of carbonyl (C=O) groups is 2. The van der Waals surface area contributed by atoms with Crippen LogP contribution < -0.4 is 0 Å². The maximum absolute atomic E-state index is 14.9. The summed E-state index contributed by atoms with van der Waals surface area (Å²) in [5.74, 6) is -58.7. The number of hydrogen-bond donors (Lipinski definition) is 0. The van der Waals surface area contributed by atoms with Gasteiger partial charge >= 0.3 is 53.6 Å². The number of hydrogen-bond acceptors (Lipinski definition) is 4. The van der Waals surface area contributed by atoms with Crippen LogP contribution in [0.1, 0.15) is 67.7 Å². The smallest absolute Gasteiger partial charge is 0.460 e. The van der Waals surface area contributed by atoms with E-state index in [9.17, 15) is 84.2 Å². The molecule has 306 valence electrons. The van der Waals surface area contributed by atoms with Gasteiger partial charge in [0.1, 0.15) is 6.42 Å². The number of halogens is 17. The second-order valence-corrected chi connectivity index (χ2v) is 17.6. The number of carbonyl (C=O) groups excluding carboxylic acids is 2. The summed E-state index contributed by atoms with van der Waals surface area (Å²) in [7, 11) is -3.94.